The Hall–Kier alpha value is -2.99. The van der Waals surface area contributed by atoms with Gasteiger partial charge in [-0.15, -0.1) is 0 Å². The standard InChI is InChI=1S/C22H27N5O/c1-15-24-20-18(21(23)28)10-7-11-19(20)22(25-15)26-17(14-27(2)3)13-12-16-8-5-4-6-9-16/h4-11,17H,12-14H2,1-3H3,(H2,23,28)(H,24,25,26)/t17-/m0/s1. The number of aromatic nitrogens is 2. The van der Waals surface area contributed by atoms with Crippen LogP contribution in [0, 0.1) is 6.92 Å². The lowest BCUT2D eigenvalue weighted by atomic mass is 10.0. The molecule has 3 N–H and O–H groups in total. The monoisotopic (exact) mass is 377 g/mol. The van der Waals surface area contributed by atoms with Gasteiger partial charge in [0.1, 0.15) is 11.6 Å². The minimum absolute atomic E-state index is 0.199. The van der Waals surface area contributed by atoms with Crippen molar-refractivity contribution in [1.82, 2.24) is 14.9 Å². The average Bonchev–Trinajstić information content (AvgIpc) is 2.66. The van der Waals surface area contributed by atoms with Crippen molar-refractivity contribution in [1.29, 1.82) is 0 Å². The Morgan fingerprint density at radius 3 is 2.54 bits per heavy atom. The van der Waals surface area contributed by atoms with Crippen LogP contribution in [0.15, 0.2) is 48.5 Å². The molecular formula is C22H27N5O. The van der Waals surface area contributed by atoms with Gasteiger partial charge in [-0.1, -0.05) is 36.4 Å². The van der Waals surface area contributed by atoms with Gasteiger partial charge >= 0.3 is 0 Å². The maximum Gasteiger partial charge on any atom is 0.250 e. The number of primary amides is 1. The number of carbonyl (C=O) groups is 1. The van der Waals surface area contributed by atoms with E-state index in [4.69, 9.17) is 5.73 Å². The molecule has 0 radical (unpaired) electrons. The number of amides is 1. The van der Waals surface area contributed by atoms with Crippen LogP contribution >= 0.6 is 0 Å². The number of para-hydroxylation sites is 1. The normalized spacial score (nSPS) is 12.3. The van der Waals surface area contributed by atoms with E-state index in [2.05, 4.69) is 58.5 Å². The van der Waals surface area contributed by atoms with Crippen molar-refractivity contribution >= 4 is 22.6 Å². The summed E-state index contributed by atoms with van der Waals surface area (Å²) >= 11 is 0. The van der Waals surface area contributed by atoms with E-state index in [9.17, 15) is 4.79 Å². The third-order valence-electron chi connectivity index (χ3n) is 4.65. The highest BCUT2D eigenvalue weighted by Gasteiger charge is 2.16. The number of hydrogen-bond donors (Lipinski definition) is 2. The number of nitrogens with two attached hydrogens (primary N) is 1. The van der Waals surface area contributed by atoms with Crippen LogP contribution in [0.4, 0.5) is 5.82 Å². The number of nitrogens with one attached hydrogen (secondary N) is 1. The van der Waals surface area contributed by atoms with Gasteiger partial charge < -0.3 is 16.0 Å². The molecular weight excluding hydrogens is 350 g/mol. The number of benzene rings is 2. The maximum atomic E-state index is 11.8. The molecule has 0 unspecified atom stereocenters. The Bertz CT molecular complexity index is 956. The van der Waals surface area contributed by atoms with Crippen LogP contribution in [0.3, 0.4) is 0 Å². The smallest absolute Gasteiger partial charge is 0.250 e. The van der Waals surface area contributed by atoms with Crippen molar-refractivity contribution in [3.63, 3.8) is 0 Å². The van der Waals surface area contributed by atoms with E-state index >= 15 is 0 Å². The van der Waals surface area contributed by atoms with Crippen LogP contribution in [-0.4, -0.2) is 47.5 Å². The number of fused-ring (bicyclic) bond motifs is 1. The Kier molecular flexibility index (Phi) is 6.21. The summed E-state index contributed by atoms with van der Waals surface area (Å²) in [5, 5.41) is 4.40. The Morgan fingerprint density at radius 2 is 1.86 bits per heavy atom. The first kappa shape index (κ1) is 19.8. The van der Waals surface area contributed by atoms with E-state index in [-0.39, 0.29) is 6.04 Å². The van der Waals surface area contributed by atoms with Crippen molar-refractivity contribution in [2.45, 2.75) is 25.8 Å². The average molecular weight is 377 g/mol. The summed E-state index contributed by atoms with van der Waals surface area (Å²) in [4.78, 5) is 23.0. The molecule has 2 aromatic carbocycles. The number of likely N-dealkylation sites (N-methyl/N-ethyl adjacent to an activating group) is 1. The zero-order chi connectivity index (χ0) is 20.1. The molecule has 0 bridgehead atoms. The fraction of sp³-hybridized carbons (Fsp3) is 0.318. The highest BCUT2D eigenvalue weighted by atomic mass is 16.1. The minimum Gasteiger partial charge on any atom is -0.366 e. The first-order chi connectivity index (χ1) is 13.4. The van der Waals surface area contributed by atoms with E-state index < -0.39 is 5.91 Å². The van der Waals surface area contributed by atoms with Crippen LogP contribution in [0.1, 0.15) is 28.2 Å². The molecule has 0 spiro atoms. The van der Waals surface area contributed by atoms with Crippen molar-refractivity contribution < 1.29 is 4.79 Å². The Balaban J connectivity index is 1.90. The molecule has 28 heavy (non-hydrogen) atoms. The van der Waals surface area contributed by atoms with Crippen LogP contribution in [0.2, 0.25) is 0 Å². The minimum atomic E-state index is -0.483. The largest absolute Gasteiger partial charge is 0.366 e. The molecule has 0 fully saturated rings. The van der Waals surface area contributed by atoms with Gasteiger partial charge in [0.15, 0.2) is 0 Å². The molecule has 3 aromatic rings. The fourth-order valence-corrected chi connectivity index (χ4v) is 3.40. The van der Waals surface area contributed by atoms with Gasteiger partial charge in [-0.2, -0.15) is 0 Å². The lowest BCUT2D eigenvalue weighted by Crippen LogP contribution is -2.33. The molecule has 1 heterocycles. The lowest BCUT2D eigenvalue weighted by Gasteiger charge is -2.24. The van der Waals surface area contributed by atoms with E-state index in [0.717, 1.165) is 30.6 Å². The molecule has 6 nitrogen and oxygen atoms in total. The molecule has 0 aliphatic carbocycles. The zero-order valence-electron chi connectivity index (χ0n) is 16.6. The van der Waals surface area contributed by atoms with Crippen molar-refractivity contribution in [3.8, 4) is 0 Å². The second-order valence-electron chi connectivity index (χ2n) is 7.31. The third-order valence-corrected chi connectivity index (χ3v) is 4.65. The second kappa shape index (κ2) is 8.80. The van der Waals surface area contributed by atoms with Gasteiger partial charge in [-0.25, -0.2) is 9.97 Å². The maximum absolute atomic E-state index is 11.8. The summed E-state index contributed by atoms with van der Waals surface area (Å²) in [7, 11) is 4.12. The number of nitrogens with zero attached hydrogens (tertiary/aromatic N) is 3. The van der Waals surface area contributed by atoms with Gasteiger partial charge in [0.05, 0.1) is 11.1 Å². The summed E-state index contributed by atoms with van der Waals surface area (Å²) in [5.41, 5.74) is 7.86. The van der Waals surface area contributed by atoms with E-state index in [1.165, 1.54) is 5.56 Å². The zero-order valence-corrected chi connectivity index (χ0v) is 16.6. The number of aryl methyl sites for hydroxylation is 2. The number of anilines is 1. The molecule has 0 saturated heterocycles. The predicted molar refractivity (Wildman–Crippen MR) is 114 cm³/mol. The first-order valence-corrected chi connectivity index (χ1v) is 9.46. The molecule has 1 amide bonds. The van der Waals surface area contributed by atoms with E-state index in [1.54, 1.807) is 6.07 Å². The lowest BCUT2D eigenvalue weighted by molar-refractivity contribution is 0.100. The van der Waals surface area contributed by atoms with Gasteiger partial charge in [0.2, 0.25) is 0 Å². The highest BCUT2D eigenvalue weighted by Crippen LogP contribution is 2.24. The SMILES string of the molecule is Cc1nc(N[C@@H](CCc2ccccc2)CN(C)C)c2cccc(C(N)=O)c2n1. The molecule has 1 aromatic heterocycles. The summed E-state index contributed by atoms with van der Waals surface area (Å²) < 4.78 is 0. The number of hydrogen-bond acceptors (Lipinski definition) is 5. The summed E-state index contributed by atoms with van der Waals surface area (Å²) in [5.74, 6) is 0.865. The predicted octanol–water partition coefficient (Wildman–Crippen LogP) is 3.01. The molecule has 0 saturated carbocycles. The van der Waals surface area contributed by atoms with E-state index in [0.29, 0.717) is 16.9 Å². The number of rotatable bonds is 8. The third kappa shape index (κ3) is 4.84. The molecule has 6 heteroatoms. The molecule has 0 aliphatic heterocycles. The summed E-state index contributed by atoms with van der Waals surface area (Å²) in [6, 6.07) is 16.1. The topological polar surface area (TPSA) is 84.1 Å². The molecule has 146 valence electrons. The number of carbonyl (C=O) groups excluding carboxylic acids is 1. The van der Waals surface area contributed by atoms with Crippen LogP contribution in [0.5, 0.6) is 0 Å². The van der Waals surface area contributed by atoms with Crippen molar-refractivity contribution in [2.24, 2.45) is 5.73 Å². The first-order valence-electron chi connectivity index (χ1n) is 9.46. The Morgan fingerprint density at radius 1 is 1.11 bits per heavy atom. The molecule has 3 rings (SSSR count). The quantitative estimate of drug-likeness (QED) is 0.630. The Labute approximate surface area is 165 Å². The van der Waals surface area contributed by atoms with Crippen molar-refractivity contribution in [2.75, 3.05) is 26.0 Å². The highest BCUT2D eigenvalue weighted by molar-refractivity contribution is 6.07. The van der Waals surface area contributed by atoms with Gasteiger partial charge in [0.25, 0.3) is 5.91 Å². The van der Waals surface area contributed by atoms with Crippen LogP contribution in [-0.2, 0) is 6.42 Å². The van der Waals surface area contributed by atoms with Crippen LogP contribution in [0.25, 0.3) is 10.9 Å². The van der Waals surface area contributed by atoms with Gasteiger partial charge in [-0.05, 0) is 51.6 Å². The van der Waals surface area contributed by atoms with Crippen molar-refractivity contribution in [3.05, 3.63) is 65.5 Å². The summed E-state index contributed by atoms with van der Waals surface area (Å²) in [6.45, 7) is 2.69. The fourth-order valence-electron chi connectivity index (χ4n) is 3.40. The van der Waals surface area contributed by atoms with E-state index in [1.807, 2.05) is 25.1 Å². The summed E-state index contributed by atoms with van der Waals surface area (Å²) in [6.07, 6.45) is 1.93. The van der Waals surface area contributed by atoms with Gasteiger partial charge in [-0.3, -0.25) is 4.79 Å². The van der Waals surface area contributed by atoms with Crippen LogP contribution < -0.4 is 11.1 Å². The molecule has 1 atom stereocenters. The molecule has 0 aliphatic rings. The van der Waals surface area contributed by atoms with Gasteiger partial charge in [0, 0.05) is 18.0 Å². The second-order valence-corrected chi connectivity index (χ2v) is 7.31.